The lowest BCUT2D eigenvalue weighted by Crippen LogP contribution is -2.32. The van der Waals surface area contributed by atoms with Gasteiger partial charge in [0.1, 0.15) is 11.9 Å². The highest BCUT2D eigenvalue weighted by Gasteiger charge is 2.31. The summed E-state index contributed by atoms with van der Waals surface area (Å²) in [6.45, 7) is 2.13. The van der Waals surface area contributed by atoms with Crippen LogP contribution >= 0.6 is 27.3 Å². The Morgan fingerprint density at radius 2 is 2.21 bits per heavy atom. The molecule has 1 aliphatic rings. The van der Waals surface area contributed by atoms with Crippen molar-refractivity contribution >= 4 is 27.3 Å². The van der Waals surface area contributed by atoms with E-state index in [-0.39, 0.29) is 12.1 Å². The Morgan fingerprint density at radius 1 is 1.42 bits per heavy atom. The van der Waals surface area contributed by atoms with E-state index in [2.05, 4.69) is 52.4 Å². The van der Waals surface area contributed by atoms with Gasteiger partial charge < -0.3 is 10.1 Å². The van der Waals surface area contributed by atoms with Crippen LogP contribution in [0.4, 0.5) is 0 Å². The highest BCUT2D eigenvalue weighted by atomic mass is 79.9. The molecule has 2 heterocycles. The van der Waals surface area contributed by atoms with Crippen molar-refractivity contribution in [3.05, 3.63) is 50.1 Å². The van der Waals surface area contributed by atoms with Crippen LogP contribution in [0.5, 0.6) is 5.75 Å². The third-order valence-corrected chi connectivity index (χ3v) is 5.76. The maximum Gasteiger partial charge on any atom is 0.123 e. The van der Waals surface area contributed by atoms with Gasteiger partial charge in [-0.25, -0.2) is 0 Å². The first kappa shape index (κ1) is 13.2. The van der Waals surface area contributed by atoms with Crippen LogP contribution in [-0.4, -0.2) is 13.2 Å². The Hall–Kier alpha value is -0.840. The number of ether oxygens (including phenoxy) is 1. The van der Waals surface area contributed by atoms with E-state index in [9.17, 15) is 0 Å². The van der Waals surface area contributed by atoms with Crippen LogP contribution in [0, 0.1) is 6.92 Å². The fraction of sp³-hybridized carbons (Fsp3) is 0.333. The first-order valence-corrected chi connectivity index (χ1v) is 7.97. The molecule has 1 aromatic heterocycles. The zero-order chi connectivity index (χ0) is 13.4. The summed E-state index contributed by atoms with van der Waals surface area (Å²) in [5, 5.41) is 3.40. The number of aryl methyl sites for hydroxylation is 1. The average Bonchev–Trinajstić information content (AvgIpc) is 2.95. The standard InChI is InChI=1S/C15H16BrNOS/c1-9-7-13(19-15(9)16)14(17-2)12-8-10-5-3-4-6-11(10)18-12/h3-7,12,14,17H,8H2,1-2H3. The number of fused-ring (bicyclic) bond motifs is 1. The Kier molecular flexibility index (Phi) is 3.65. The Morgan fingerprint density at radius 3 is 2.84 bits per heavy atom. The van der Waals surface area contributed by atoms with Gasteiger partial charge in [-0.3, -0.25) is 0 Å². The van der Waals surface area contributed by atoms with Crippen molar-refractivity contribution in [1.29, 1.82) is 0 Å². The maximum absolute atomic E-state index is 6.09. The summed E-state index contributed by atoms with van der Waals surface area (Å²) < 4.78 is 7.30. The minimum Gasteiger partial charge on any atom is -0.488 e. The number of benzene rings is 1. The quantitative estimate of drug-likeness (QED) is 0.910. The lowest BCUT2D eigenvalue weighted by molar-refractivity contribution is 0.185. The monoisotopic (exact) mass is 337 g/mol. The van der Waals surface area contributed by atoms with Crippen molar-refractivity contribution in [2.45, 2.75) is 25.5 Å². The smallest absolute Gasteiger partial charge is 0.123 e. The van der Waals surface area contributed by atoms with Crippen molar-refractivity contribution in [3.63, 3.8) is 0 Å². The summed E-state index contributed by atoms with van der Waals surface area (Å²) >= 11 is 5.39. The number of halogens is 1. The number of thiophene rings is 1. The van der Waals surface area contributed by atoms with Gasteiger partial charge in [-0.05, 0) is 53.2 Å². The molecule has 0 spiro atoms. The summed E-state index contributed by atoms with van der Waals surface area (Å²) in [7, 11) is 2.00. The van der Waals surface area contributed by atoms with Crippen molar-refractivity contribution in [3.8, 4) is 5.75 Å². The summed E-state index contributed by atoms with van der Waals surface area (Å²) in [6, 6.07) is 10.8. The molecule has 3 rings (SSSR count). The van der Waals surface area contributed by atoms with Gasteiger partial charge in [0, 0.05) is 11.3 Å². The lowest BCUT2D eigenvalue weighted by atomic mass is 10.0. The second-order valence-electron chi connectivity index (χ2n) is 4.84. The summed E-state index contributed by atoms with van der Waals surface area (Å²) in [4.78, 5) is 1.32. The van der Waals surface area contributed by atoms with Gasteiger partial charge in [0.25, 0.3) is 0 Å². The minimum atomic E-state index is 0.173. The van der Waals surface area contributed by atoms with Gasteiger partial charge in [0.05, 0.1) is 9.83 Å². The van der Waals surface area contributed by atoms with Crippen LogP contribution < -0.4 is 10.1 Å². The van der Waals surface area contributed by atoms with Crippen molar-refractivity contribution in [2.24, 2.45) is 0 Å². The van der Waals surface area contributed by atoms with E-state index >= 15 is 0 Å². The SMILES string of the molecule is CNC(c1cc(C)c(Br)s1)C1Cc2ccccc2O1. The molecular formula is C15H16BrNOS. The van der Waals surface area contributed by atoms with Crippen LogP contribution in [-0.2, 0) is 6.42 Å². The molecule has 2 unspecified atom stereocenters. The molecule has 0 saturated heterocycles. The molecule has 0 aliphatic carbocycles. The molecule has 1 aliphatic heterocycles. The topological polar surface area (TPSA) is 21.3 Å². The highest BCUT2D eigenvalue weighted by molar-refractivity contribution is 9.11. The van der Waals surface area contributed by atoms with E-state index in [1.165, 1.54) is 19.8 Å². The lowest BCUT2D eigenvalue weighted by Gasteiger charge is -2.21. The van der Waals surface area contributed by atoms with E-state index in [4.69, 9.17) is 4.74 Å². The Bertz CT molecular complexity index is 551. The second kappa shape index (κ2) is 5.27. The number of para-hydroxylation sites is 1. The molecule has 100 valence electrons. The normalized spacial score (nSPS) is 19.0. The zero-order valence-corrected chi connectivity index (χ0v) is 13.3. The van der Waals surface area contributed by atoms with Crippen molar-refractivity contribution in [1.82, 2.24) is 5.32 Å². The summed E-state index contributed by atoms with van der Waals surface area (Å²) in [5.41, 5.74) is 2.59. The van der Waals surface area contributed by atoms with Crippen molar-refractivity contribution < 1.29 is 4.74 Å². The summed E-state index contributed by atoms with van der Waals surface area (Å²) in [5.74, 6) is 1.03. The number of hydrogen-bond acceptors (Lipinski definition) is 3. The minimum absolute atomic E-state index is 0.173. The van der Waals surface area contributed by atoms with Gasteiger partial charge in [-0.15, -0.1) is 11.3 Å². The number of hydrogen-bond donors (Lipinski definition) is 1. The maximum atomic E-state index is 6.09. The third-order valence-electron chi connectivity index (χ3n) is 3.54. The van der Waals surface area contributed by atoms with Crippen LogP contribution in [0.1, 0.15) is 22.0 Å². The molecule has 2 nitrogen and oxygen atoms in total. The molecule has 0 saturated carbocycles. The molecule has 4 heteroatoms. The van der Waals surface area contributed by atoms with Gasteiger partial charge in [-0.2, -0.15) is 0 Å². The number of likely N-dealkylation sites (N-methyl/N-ethyl adjacent to an activating group) is 1. The molecular weight excluding hydrogens is 322 g/mol. The Labute approximate surface area is 125 Å². The molecule has 19 heavy (non-hydrogen) atoms. The predicted molar refractivity (Wildman–Crippen MR) is 83.1 cm³/mol. The molecule has 0 radical (unpaired) electrons. The van der Waals surface area contributed by atoms with Crippen LogP contribution in [0.25, 0.3) is 0 Å². The largest absolute Gasteiger partial charge is 0.488 e. The van der Waals surface area contributed by atoms with E-state index in [0.29, 0.717) is 0 Å². The first-order valence-electron chi connectivity index (χ1n) is 6.36. The molecule has 0 bridgehead atoms. The molecule has 2 aromatic rings. The van der Waals surface area contributed by atoms with E-state index < -0.39 is 0 Å². The highest BCUT2D eigenvalue weighted by Crippen LogP contribution is 2.38. The van der Waals surface area contributed by atoms with E-state index in [0.717, 1.165) is 12.2 Å². The number of rotatable bonds is 3. The number of nitrogens with one attached hydrogen (secondary N) is 1. The second-order valence-corrected chi connectivity index (χ2v) is 7.24. The van der Waals surface area contributed by atoms with Crippen LogP contribution in [0.2, 0.25) is 0 Å². The van der Waals surface area contributed by atoms with Crippen molar-refractivity contribution in [2.75, 3.05) is 7.05 Å². The fourth-order valence-corrected chi connectivity index (χ4v) is 4.28. The average molecular weight is 338 g/mol. The predicted octanol–water partition coefficient (Wildman–Crippen LogP) is 4.08. The van der Waals surface area contributed by atoms with E-state index in [1.807, 2.05) is 13.1 Å². The van der Waals surface area contributed by atoms with Gasteiger partial charge in [-0.1, -0.05) is 18.2 Å². The zero-order valence-electron chi connectivity index (χ0n) is 10.9. The molecule has 2 atom stereocenters. The molecule has 0 fully saturated rings. The van der Waals surface area contributed by atoms with E-state index in [1.54, 1.807) is 11.3 Å². The fourth-order valence-electron chi connectivity index (χ4n) is 2.54. The Balaban J connectivity index is 1.85. The molecule has 1 N–H and O–H groups in total. The van der Waals surface area contributed by atoms with Crippen LogP contribution in [0.15, 0.2) is 34.1 Å². The van der Waals surface area contributed by atoms with Gasteiger partial charge in [0.2, 0.25) is 0 Å². The first-order chi connectivity index (χ1) is 9.19. The van der Waals surface area contributed by atoms with Gasteiger partial charge >= 0.3 is 0 Å². The van der Waals surface area contributed by atoms with Gasteiger partial charge in [0.15, 0.2) is 0 Å². The summed E-state index contributed by atoms with van der Waals surface area (Å²) in [6.07, 6.45) is 1.14. The van der Waals surface area contributed by atoms with Crippen LogP contribution in [0.3, 0.4) is 0 Å². The third kappa shape index (κ3) is 2.45. The molecule has 0 amide bonds. The molecule has 1 aromatic carbocycles.